The Balaban J connectivity index is 0.000000810. The molecular formula is C4H7BrN2OS2. The fourth-order valence-corrected chi connectivity index (χ4v) is 2.45. The summed E-state index contributed by atoms with van der Waals surface area (Å²) in [5.74, 6) is 0. The summed E-state index contributed by atoms with van der Waals surface area (Å²) in [6, 6.07) is 0. The molecule has 0 fully saturated rings. The predicted molar refractivity (Wildman–Crippen MR) is 49.2 cm³/mol. The highest BCUT2D eigenvalue weighted by atomic mass is 79.9. The molecule has 0 amide bonds. The molecule has 0 unspecified atom stereocenters. The molecule has 0 aliphatic heterocycles. The summed E-state index contributed by atoms with van der Waals surface area (Å²) in [5, 5.41) is 0. The smallest absolute Gasteiger partial charge is 0.278 e. The van der Waals surface area contributed by atoms with Crippen LogP contribution in [0.1, 0.15) is 0 Å². The summed E-state index contributed by atoms with van der Waals surface area (Å²) in [7, 11) is 6.01. The number of aromatic nitrogens is 1. The maximum atomic E-state index is 10.7. The summed E-state index contributed by atoms with van der Waals surface area (Å²) < 4.78 is 1.54. The normalized spacial score (nSPS) is 11.2. The minimum atomic E-state index is 0. The van der Waals surface area contributed by atoms with E-state index in [4.69, 9.17) is 0 Å². The van der Waals surface area contributed by atoms with Crippen LogP contribution in [0, 0.1) is 0 Å². The summed E-state index contributed by atoms with van der Waals surface area (Å²) in [5.41, 5.74) is 0. The molecule has 0 saturated heterocycles. The molecule has 1 rings (SSSR count). The SMILES string of the molecule is Br.CN=c1ssc(=O)n1C. The first-order valence-electron chi connectivity index (χ1n) is 2.34. The van der Waals surface area contributed by atoms with E-state index in [1.165, 1.54) is 25.2 Å². The van der Waals surface area contributed by atoms with Crippen LogP contribution in [0.4, 0.5) is 0 Å². The van der Waals surface area contributed by atoms with Gasteiger partial charge >= 0.3 is 4.87 Å². The largest absolute Gasteiger partial charge is 0.319 e. The Morgan fingerprint density at radius 2 is 2.10 bits per heavy atom. The van der Waals surface area contributed by atoms with Crippen LogP contribution in [-0.2, 0) is 7.05 Å². The van der Waals surface area contributed by atoms with Crippen molar-refractivity contribution in [1.82, 2.24) is 4.57 Å². The zero-order valence-corrected chi connectivity index (χ0v) is 8.87. The average Bonchev–Trinajstić information content (AvgIpc) is 2.15. The van der Waals surface area contributed by atoms with Crippen molar-refractivity contribution >= 4 is 37.7 Å². The maximum absolute atomic E-state index is 10.7. The van der Waals surface area contributed by atoms with Gasteiger partial charge in [-0.3, -0.25) is 14.4 Å². The molecule has 0 spiro atoms. The van der Waals surface area contributed by atoms with E-state index < -0.39 is 0 Å². The maximum Gasteiger partial charge on any atom is 0.319 e. The monoisotopic (exact) mass is 242 g/mol. The van der Waals surface area contributed by atoms with Crippen molar-refractivity contribution in [3.8, 4) is 0 Å². The lowest BCUT2D eigenvalue weighted by molar-refractivity contribution is 0.842. The van der Waals surface area contributed by atoms with Gasteiger partial charge in [0, 0.05) is 14.1 Å². The molecule has 3 nitrogen and oxygen atoms in total. The van der Waals surface area contributed by atoms with E-state index in [-0.39, 0.29) is 21.9 Å². The van der Waals surface area contributed by atoms with Gasteiger partial charge in [0.2, 0.25) is 0 Å². The highest BCUT2D eigenvalue weighted by Crippen LogP contribution is 1.87. The number of halogens is 1. The average molecular weight is 243 g/mol. The molecule has 58 valence electrons. The third kappa shape index (κ3) is 1.77. The van der Waals surface area contributed by atoms with Crippen molar-refractivity contribution in [2.24, 2.45) is 12.0 Å². The van der Waals surface area contributed by atoms with E-state index in [0.717, 1.165) is 4.80 Å². The van der Waals surface area contributed by atoms with Gasteiger partial charge in [0.25, 0.3) is 0 Å². The quantitative estimate of drug-likeness (QED) is 0.615. The van der Waals surface area contributed by atoms with E-state index in [0.29, 0.717) is 0 Å². The topological polar surface area (TPSA) is 34.4 Å². The van der Waals surface area contributed by atoms with Gasteiger partial charge in [-0.2, -0.15) is 0 Å². The van der Waals surface area contributed by atoms with E-state index >= 15 is 0 Å². The zero-order valence-electron chi connectivity index (χ0n) is 5.53. The summed E-state index contributed by atoms with van der Waals surface area (Å²) in [6.45, 7) is 0. The van der Waals surface area contributed by atoms with E-state index in [1.54, 1.807) is 14.1 Å². The first-order valence-corrected chi connectivity index (χ1v) is 4.49. The van der Waals surface area contributed by atoms with E-state index in [9.17, 15) is 4.79 Å². The molecule has 1 aromatic rings. The third-order valence-electron chi connectivity index (χ3n) is 0.940. The summed E-state index contributed by atoms with van der Waals surface area (Å²) in [6.07, 6.45) is 0. The van der Waals surface area contributed by atoms with Crippen LogP contribution in [0.3, 0.4) is 0 Å². The van der Waals surface area contributed by atoms with Gasteiger partial charge in [0.05, 0.1) is 0 Å². The van der Waals surface area contributed by atoms with Crippen molar-refractivity contribution in [2.45, 2.75) is 0 Å². The van der Waals surface area contributed by atoms with E-state index in [1.807, 2.05) is 0 Å². The Kier molecular flexibility index (Phi) is 4.07. The molecule has 10 heavy (non-hydrogen) atoms. The van der Waals surface area contributed by atoms with Crippen molar-refractivity contribution in [3.63, 3.8) is 0 Å². The van der Waals surface area contributed by atoms with Crippen LogP contribution in [0.2, 0.25) is 0 Å². The van der Waals surface area contributed by atoms with Gasteiger partial charge in [-0.25, -0.2) is 0 Å². The highest BCUT2D eigenvalue weighted by Gasteiger charge is 1.92. The Morgan fingerprint density at radius 1 is 1.50 bits per heavy atom. The molecule has 0 aromatic carbocycles. The van der Waals surface area contributed by atoms with Gasteiger partial charge < -0.3 is 0 Å². The number of nitrogens with zero attached hydrogens (tertiary/aromatic N) is 2. The van der Waals surface area contributed by atoms with Crippen LogP contribution in [-0.4, -0.2) is 11.6 Å². The lowest BCUT2D eigenvalue weighted by Crippen LogP contribution is -2.20. The van der Waals surface area contributed by atoms with Crippen LogP contribution >= 0.6 is 37.7 Å². The zero-order chi connectivity index (χ0) is 6.85. The first-order chi connectivity index (χ1) is 4.25. The van der Waals surface area contributed by atoms with Gasteiger partial charge in [-0.15, -0.1) is 17.0 Å². The number of hydrogen-bond donors (Lipinski definition) is 0. The molecule has 0 saturated carbocycles. The molecule has 1 heterocycles. The molecule has 0 N–H and O–H groups in total. The molecule has 0 aliphatic carbocycles. The Morgan fingerprint density at radius 3 is 2.30 bits per heavy atom. The third-order valence-corrected chi connectivity index (χ3v) is 3.17. The van der Waals surface area contributed by atoms with E-state index in [2.05, 4.69) is 4.99 Å². The van der Waals surface area contributed by atoms with Crippen molar-refractivity contribution in [3.05, 3.63) is 14.5 Å². The first kappa shape index (κ1) is 10.1. The Bertz CT molecular complexity index is 310. The highest BCUT2D eigenvalue weighted by molar-refractivity contribution is 8.93. The molecular weight excluding hydrogens is 236 g/mol. The standard InChI is InChI=1S/C4H6N2OS2.BrH/c1-5-3-6(2)4(7)9-8-3;/h1-2H3;1H. The van der Waals surface area contributed by atoms with Gasteiger partial charge in [-0.1, -0.05) is 0 Å². The molecule has 1 aromatic heterocycles. The van der Waals surface area contributed by atoms with Crippen LogP contribution in [0.25, 0.3) is 0 Å². The van der Waals surface area contributed by atoms with Crippen LogP contribution < -0.4 is 9.67 Å². The molecule has 0 atom stereocenters. The molecule has 0 bridgehead atoms. The molecule has 0 radical (unpaired) electrons. The fourth-order valence-electron chi connectivity index (χ4n) is 0.450. The second-order valence-corrected chi connectivity index (χ2v) is 3.55. The van der Waals surface area contributed by atoms with Crippen LogP contribution in [0.5, 0.6) is 0 Å². The number of rotatable bonds is 0. The predicted octanol–water partition coefficient (Wildman–Crippen LogP) is 0.617. The van der Waals surface area contributed by atoms with Crippen LogP contribution in [0.15, 0.2) is 9.79 Å². The van der Waals surface area contributed by atoms with Crippen molar-refractivity contribution in [1.29, 1.82) is 0 Å². The van der Waals surface area contributed by atoms with Crippen molar-refractivity contribution in [2.75, 3.05) is 7.05 Å². The minimum Gasteiger partial charge on any atom is -0.278 e. The van der Waals surface area contributed by atoms with Gasteiger partial charge in [0.15, 0.2) is 4.80 Å². The summed E-state index contributed by atoms with van der Waals surface area (Å²) >= 11 is 0. The second-order valence-electron chi connectivity index (χ2n) is 1.50. The summed E-state index contributed by atoms with van der Waals surface area (Å²) in [4.78, 5) is 15.5. The lowest BCUT2D eigenvalue weighted by atomic mass is 11.1. The van der Waals surface area contributed by atoms with Gasteiger partial charge in [-0.05, 0) is 20.7 Å². The fraction of sp³-hybridized carbons (Fsp3) is 0.500. The molecule has 0 aliphatic rings. The Hall–Kier alpha value is 0.0600. The van der Waals surface area contributed by atoms with Gasteiger partial charge in [0.1, 0.15) is 0 Å². The number of hydrogen-bond acceptors (Lipinski definition) is 4. The minimum absolute atomic E-state index is 0. The van der Waals surface area contributed by atoms with Crippen molar-refractivity contribution < 1.29 is 0 Å². The Labute approximate surface area is 75.8 Å². The second kappa shape index (κ2) is 4.05. The molecule has 6 heteroatoms. The lowest BCUT2D eigenvalue weighted by Gasteiger charge is -1.80.